The SMILES string of the molecule is Cc1cc(NC(=O)CCn2ccnc2)sc1C(=O)O. The molecule has 2 heterocycles. The molecule has 0 atom stereocenters. The summed E-state index contributed by atoms with van der Waals surface area (Å²) in [5.41, 5.74) is 0.655. The van der Waals surface area contributed by atoms with E-state index in [4.69, 9.17) is 5.11 Å². The zero-order valence-corrected chi connectivity index (χ0v) is 11.1. The Morgan fingerprint density at radius 3 is 2.89 bits per heavy atom. The van der Waals surface area contributed by atoms with Crippen molar-refractivity contribution in [3.8, 4) is 0 Å². The maximum Gasteiger partial charge on any atom is 0.346 e. The lowest BCUT2D eigenvalue weighted by Gasteiger charge is -2.02. The number of hydrogen-bond donors (Lipinski definition) is 2. The lowest BCUT2D eigenvalue weighted by atomic mass is 10.3. The number of hydrogen-bond acceptors (Lipinski definition) is 4. The number of anilines is 1. The summed E-state index contributed by atoms with van der Waals surface area (Å²) in [6.45, 7) is 2.25. The van der Waals surface area contributed by atoms with Crippen molar-refractivity contribution in [3.63, 3.8) is 0 Å². The minimum Gasteiger partial charge on any atom is -0.477 e. The quantitative estimate of drug-likeness (QED) is 0.876. The first-order chi connectivity index (χ1) is 9.06. The first-order valence-corrected chi connectivity index (χ1v) is 6.47. The number of imidazole rings is 1. The van der Waals surface area contributed by atoms with Gasteiger partial charge in [0, 0.05) is 25.4 Å². The summed E-state index contributed by atoms with van der Waals surface area (Å²) in [6.07, 6.45) is 5.39. The summed E-state index contributed by atoms with van der Waals surface area (Å²) in [6, 6.07) is 1.67. The van der Waals surface area contributed by atoms with Crippen LogP contribution in [0.2, 0.25) is 0 Å². The fourth-order valence-corrected chi connectivity index (χ4v) is 2.53. The first kappa shape index (κ1) is 13.3. The molecule has 2 aromatic rings. The number of thiophene rings is 1. The van der Waals surface area contributed by atoms with E-state index in [9.17, 15) is 9.59 Å². The Kier molecular flexibility index (Phi) is 3.96. The predicted molar refractivity (Wildman–Crippen MR) is 71.5 cm³/mol. The largest absolute Gasteiger partial charge is 0.477 e. The monoisotopic (exact) mass is 279 g/mol. The molecule has 0 radical (unpaired) electrons. The van der Waals surface area contributed by atoms with E-state index in [2.05, 4.69) is 10.3 Å². The summed E-state index contributed by atoms with van der Waals surface area (Å²) in [7, 11) is 0. The number of carboxylic acid groups (broad SMARTS) is 1. The zero-order chi connectivity index (χ0) is 13.8. The number of rotatable bonds is 5. The van der Waals surface area contributed by atoms with Gasteiger partial charge in [0.15, 0.2) is 0 Å². The van der Waals surface area contributed by atoms with E-state index in [-0.39, 0.29) is 10.8 Å². The third kappa shape index (κ3) is 3.41. The van der Waals surface area contributed by atoms with Crippen molar-refractivity contribution in [1.82, 2.24) is 9.55 Å². The van der Waals surface area contributed by atoms with E-state index in [1.54, 1.807) is 31.7 Å². The van der Waals surface area contributed by atoms with E-state index in [1.165, 1.54) is 0 Å². The topological polar surface area (TPSA) is 84.2 Å². The van der Waals surface area contributed by atoms with Crippen LogP contribution in [-0.4, -0.2) is 26.5 Å². The van der Waals surface area contributed by atoms with Gasteiger partial charge in [0.25, 0.3) is 0 Å². The minimum atomic E-state index is -0.971. The minimum absolute atomic E-state index is 0.146. The van der Waals surface area contributed by atoms with Gasteiger partial charge in [0.2, 0.25) is 5.91 Å². The van der Waals surface area contributed by atoms with Gasteiger partial charge in [-0.15, -0.1) is 11.3 Å². The van der Waals surface area contributed by atoms with Gasteiger partial charge in [-0.1, -0.05) is 0 Å². The van der Waals surface area contributed by atoms with E-state index in [0.717, 1.165) is 11.3 Å². The van der Waals surface area contributed by atoms with Gasteiger partial charge in [-0.05, 0) is 18.6 Å². The lowest BCUT2D eigenvalue weighted by Crippen LogP contribution is -2.13. The second-order valence-corrected chi connectivity index (χ2v) is 5.08. The van der Waals surface area contributed by atoms with E-state index < -0.39 is 5.97 Å². The summed E-state index contributed by atoms with van der Waals surface area (Å²) < 4.78 is 1.81. The zero-order valence-electron chi connectivity index (χ0n) is 10.3. The van der Waals surface area contributed by atoms with Crippen LogP contribution in [0.25, 0.3) is 0 Å². The van der Waals surface area contributed by atoms with Crippen molar-refractivity contribution < 1.29 is 14.7 Å². The molecule has 0 spiro atoms. The highest BCUT2D eigenvalue weighted by Crippen LogP contribution is 2.26. The molecular weight excluding hydrogens is 266 g/mol. The number of aromatic carboxylic acids is 1. The molecule has 0 aliphatic heterocycles. The van der Waals surface area contributed by atoms with E-state index in [1.807, 2.05) is 4.57 Å². The Hall–Kier alpha value is -2.15. The average Bonchev–Trinajstić information content (AvgIpc) is 2.96. The fraction of sp³-hybridized carbons (Fsp3) is 0.250. The van der Waals surface area contributed by atoms with Gasteiger partial charge in [-0.25, -0.2) is 9.78 Å². The first-order valence-electron chi connectivity index (χ1n) is 5.65. The summed E-state index contributed by atoms with van der Waals surface area (Å²) in [5, 5.41) is 12.2. The van der Waals surface area contributed by atoms with Crippen molar-refractivity contribution in [2.24, 2.45) is 0 Å². The normalized spacial score (nSPS) is 10.4. The maximum absolute atomic E-state index is 11.7. The summed E-state index contributed by atoms with van der Waals surface area (Å²) >= 11 is 1.07. The highest BCUT2D eigenvalue weighted by atomic mass is 32.1. The Balaban J connectivity index is 1.91. The van der Waals surface area contributed by atoms with Crippen LogP contribution in [0.3, 0.4) is 0 Å². The van der Waals surface area contributed by atoms with Crippen LogP contribution < -0.4 is 5.32 Å². The van der Waals surface area contributed by atoms with Gasteiger partial charge in [0.1, 0.15) is 4.88 Å². The second-order valence-electron chi connectivity index (χ2n) is 4.03. The van der Waals surface area contributed by atoms with Crippen molar-refractivity contribution in [1.29, 1.82) is 0 Å². The number of carbonyl (C=O) groups is 2. The van der Waals surface area contributed by atoms with E-state index >= 15 is 0 Å². The highest BCUT2D eigenvalue weighted by molar-refractivity contribution is 7.18. The Bertz CT molecular complexity index is 589. The van der Waals surface area contributed by atoms with Gasteiger partial charge in [-0.3, -0.25) is 4.79 Å². The molecule has 0 saturated carbocycles. The number of aryl methyl sites for hydroxylation is 2. The molecule has 2 rings (SSSR count). The average molecular weight is 279 g/mol. The Morgan fingerprint density at radius 1 is 1.53 bits per heavy atom. The van der Waals surface area contributed by atoms with Gasteiger partial charge >= 0.3 is 5.97 Å². The predicted octanol–water partition coefficient (Wildman–Crippen LogP) is 1.98. The molecular formula is C12H13N3O3S. The number of nitrogens with one attached hydrogen (secondary N) is 1. The number of aromatic nitrogens is 2. The molecule has 0 aromatic carbocycles. The molecule has 0 aliphatic carbocycles. The van der Waals surface area contributed by atoms with Crippen molar-refractivity contribution in [2.75, 3.05) is 5.32 Å². The van der Waals surface area contributed by atoms with Gasteiger partial charge < -0.3 is 15.0 Å². The van der Waals surface area contributed by atoms with Crippen LogP contribution in [0.5, 0.6) is 0 Å². The molecule has 2 aromatic heterocycles. The molecule has 0 unspecified atom stereocenters. The lowest BCUT2D eigenvalue weighted by molar-refractivity contribution is -0.116. The summed E-state index contributed by atoms with van der Waals surface area (Å²) in [4.78, 5) is 26.7. The maximum atomic E-state index is 11.7. The van der Waals surface area contributed by atoms with Crippen LogP contribution >= 0.6 is 11.3 Å². The van der Waals surface area contributed by atoms with E-state index in [0.29, 0.717) is 23.5 Å². The fourth-order valence-electron chi connectivity index (χ4n) is 1.61. The number of carboxylic acids is 1. The summed E-state index contributed by atoms with van der Waals surface area (Å²) in [5.74, 6) is -1.12. The molecule has 19 heavy (non-hydrogen) atoms. The van der Waals surface area contributed by atoms with Crippen molar-refractivity contribution >= 4 is 28.2 Å². The Labute approximate surface area is 113 Å². The smallest absolute Gasteiger partial charge is 0.346 e. The third-order valence-electron chi connectivity index (χ3n) is 2.53. The standard InChI is InChI=1S/C12H13N3O3S/c1-8-6-10(19-11(8)12(17)18)14-9(16)2-4-15-5-3-13-7-15/h3,5-7H,2,4H2,1H3,(H,14,16)(H,17,18). The molecule has 7 heteroatoms. The van der Waals surface area contributed by atoms with Crippen LogP contribution in [0.1, 0.15) is 21.7 Å². The molecule has 0 aliphatic rings. The number of amides is 1. The van der Waals surface area contributed by atoms with Crippen molar-refractivity contribution in [2.45, 2.75) is 19.9 Å². The highest BCUT2D eigenvalue weighted by Gasteiger charge is 2.13. The molecule has 2 N–H and O–H groups in total. The third-order valence-corrected chi connectivity index (χ3v) is 3.67. The molecule has 1 amide bonds. The molecule has 0 fully saturated rings. The number of nitrogens with zero attached hydrogens (tertiary/aromatic N) is 2. The molecule has 6 nitrogen and oxygen atoms in total. The van der Waals surface area contributed by atoms with Crippen molar-refractivity contribution in [3.05, 3.63) is 35.2 Å². The van der Waals surface area contributed by atoms with Crippen LogP contribution in [0.4, 0.5) is 5.00 Å². The van der Waals surface area contributed by atoms with Crippen LogP contribution in [0, 0.1) is 6.92 Å². The van der Waals surface area contributed by atoms with Crippen LogP contribution in [0.15, 0.2) is 24.8 Å². The number of carbonyl (C=O) groups excluding carboxylic acids is 1. The molecule has 0 bridgehead atoms. The molecule has 0 saturated heterocycles. The Morgan fingerprint density at radius 2 is 2.32 bits per heavy atom. The van der Waals surface area contributed by atoms with Gasteiger partial charge in [0.05, 0.1) is 11.3 Å². The molecule has 100 valence electrons. The van der Waals surface area contributed by atoms with Crippen LogP contribution in [-0.2, 0) is 11.3 Å². The van der Waals surface area contributed by atoms with Gasteiger partial charge in [-0.2, -0.15) is 0 Å². The second kappa shape index (κ2) is 5.66.